The number of carbonyl (C=O) groups is 2. The normalized spacial score (nSPS) is 12.7. The number of pyridine rings is 1. The topological polar surface area (TPSA) is 92.4 Å². The van der Waals surface area contributed by atoms with E-state index in [1.165, 1.54) is 0 Å². The third-order valence-electron chi connectivity index (χ3n) is 3.25. The lowest BCUT2D eigenvalue weighted by Gasteiger charge is -2.18. The Kier molecular flexibility index (Phi) is 4.09. The van der Waals surface area contributed by atoms with Gasteiger partial charge in [-0.2, -0.15) is 0 Å². The Morgan fingerprint density at radius 2 is 2.22 bits per heavy atom. The lowest BCUT2D eigenvalue weighted by molar-refractivity contribution is -0.118. The van der Waals surface area contributed by atoms with E-state index in [4.69, 9.17) is 4.74 Å². The summed E-state index contributed by atoms with van der Waals surface area (Å²) in [7, 11) is 0. The first-order chi connectivity index (χ1) is 11.1. The number of anilines is 2. The molecule has 1 aliphatic rings. The molecule has 3 amide bonds. The van der Waals surface area contributed by atoms with Crippen LogP contribution < -0.4 is 20.7 Å². The van der Waals surface area contributed by atoms with Crippen LogP contribution in [0.4, 0.5) is 16.2 Å². The van der Waals surface area contributed by atoms with Gasteiger partial charge in [0.05, 0.1) is 17.9 Å². The average molecular weight is 312 g/mol. The molecule has 1 aromatic carbocycles. The zero-order valence-electron chi connectivity index (χ0n) is 12.6. The van der Waals surface area contributed by atoms with Crippen molar-refractivity contribution in [2.24, 2.45) is 0 Å². The molecule has 1 aromatic heterocycles. The number of aromatic nitrogens is 1. The van der Waals surface area contributed by atoms with Crippen molar-refractivity contribution < 1.29 is 14.3 Å². The van der Waals surface area contributed by atoms with Crippen LogP contribution in [-0.2, 0) is 11.3 Å². The van der Waals surface area contributed by atoms with Crippen LogP contribution in [0.5, 0.6) is 5.75 Å². The van der Waals surface area contributed by atoms with Crippen LogP contribution in [0.15, 0.2) is 36.4 Å². The van der Waals surface area contributed by atoms with Crippen molar-refractivity contribution in [3.8, 4) is 5.75 Å². The quantitative estimate of drug-likeness (QED) is 0.808. The second-order valence-corrected chi connectivity index (χ2v) is 5.13. The van der Waals surface area contributed by atoms with Gasteiger partial charge in [-0.25, -0.2) is 4.79 Å². The van der Waals surface area contributed by atoms with E-state index in [0.29, 0.717) is 23.7 Å². The number of hydrogen-bond acceptors (Lipinski definition) is 4. The number of hydrogen-bond donors (Lipinski definition) is 3. The van der Waals surface area contributed by atoms with Crippen molar-refractivity contribution in [2.45, 2.75) is 13.5 Å². The molecule has 0 saturated heterocycles. The molecule has 23 heavy (non-hydrogen) atoms. The van der Waals surface area contributed by atoms with E-state index < -0.39 is 0 Å². The van der Waals surface area contributed by atoms with Crippen molar-refractivity contribution in [3.05, 3.63) is 47.8 Å². The number of fused-ring (bicyclic) bond motifs is 1. The van der Waals surface area contributed by atoms with E-state index in [0.717, 1.165) is 11.4 Å². The van der Waals surface area contributed by atoms with Gasteiger partial charge in [-0.1, -0.05) is 6.07 Å². The summed E-state index contributed by atoms with van der Waals surface area (Å²) in [6.45, 7) is 2.21. The minimum atomic E-state index is -0.340. The van der Waals surface area contributed by atoms with E-state index in [1.807, 2.05) is 25.1 Å². The van der Waals surface area contributed by atoms with Crippen molar-refractivity contribution in [2.75, 3.05) is 17.2 Å². The maximum Gasteiger partial charge on any atom is 0.319 e. The fourth-order valence-electron chi connectivity index (χ4n) is 2.20. The van der Waals surface area contributed by atoms with E-state index in [2.05, 4.69) is 20.9 Å². The molecule has 0 unspecified atom stereocenters. The van der Waals surface area contributed by atoms with Crippen LogP contribution in [-0.4, -0.2) is 23.5 Å². The Labute approximate surface area is 133 Å². The minimum Gasteiger partial charge on any atom is -0.482 e. The molecule has 3 N–H and O–H groups in total. The molecular formula is C16H16N4O3. The second-order valence-electron chi connectivity index (χ2n) is 5.13. The Morgan fingerprint density at radius 3 is 3.04 bits per heavy atom. The first kappa shape index (κ1) is 14.8. The third kappa shape index (κ3) is 3.76. The Balaban J connectivity index is 1.59. The number of carbonyl (C=O) groups excluding carboxylic acids is 2. The zero-order valence-corrected chi connectivity index (χ0v) is 12.6. The number of aryl methyl sites for hydroxylation is 1. The second kappa shape index (κ2) is 6.35. The lowest BCUT2D eigenvalue weighted by Crippen LogP contribution is -2.29. The molecule has 2 aromatic rings. The highest BCUT2D eigenvalue weighted by molar-refractivity contribution is 5.96. The number of ether oxygens (including phenoxy) is 1. The molecule has 2 heterocycles. The average Bonchev–Trinajstić information content (AvgIpc) is 2.53. The molecule has 1 aliphatic heterocycles. The number of amides is 3. The molecule has 0 radical (unpaired) electrons. The molecule has 0 atom stereocenters. The number of nitrogens with one attached hydrogen (secondary N) is 3. The standard InChI is InChI=1S/C16H16N4O3/c1-10-3-2-4-12(18-10)8-17-16(22)19-11-5-6-13-14(7-11)23-9-15(21)20-13/h2-7H,8-9H2,1H3,(H,20,21)(H2,17,19,22). The Morgan fingerprint density at radius 1 is 1.35 bits per heavy atom. The predicted molar refractivity (Wildman–Crippen MR) is 85.4 cm³/mol. The fraction of sp³-hybridized carbons (Fsp3) is 0.188. The first-order valence-corrected chi connectivity index (χ1v) is 7.14. The van der Waals surface area contributed by atoms with Crippen LogP contribution in [0.1, 0.15) is 11.4 Å². The molecule has 7 heteroatoms. The molecule has 0 aliphatic carbocycles. The molecule has 0 bridgehead atoms. The van der Waals surface area contributed by atoms with Gasteiger partial charge in [-0.15, -0.1) is 0 Å². The Hall–Kier alpha value is -3.09. The molecule has 3 rings (SSSR count). The molecule has 0 fully saturated rings. The van der Waals surface area contributed by atoms with Gasteiger partial charge in [-0.05, 0) is 31.2 Å². The summed E-state index contributed by atoms with van der Waals surface area (Å²) in [6.07, 6.45) is 0. The van der Waals surface area contributed by atoms with E-state index >= 15 is 0 Å². The Bertz CT molecular complexity index is 761. The highest BCUT2D eigenvalue weighted by Crippen LogP contribution is 2.30. The third-order valence-corrected chi connectivity index (χ3v) is 3.25. The summed E-state index contributed by atoms with van der Waals surface area (Å²) in [5, 5.41) is 8.15. The van der Waals surface area contributed by atoms with Gasteiger partial charge < -0.3 is 20.7 Å². The summed E-state index contributed by atoms with van der Waals surface area (Å²) < 4.78 is 5.31. The van der Waals surface area contributed by atoms with Gasteiger partial charge in [0, 0.05) is 17.4 Å². The predicted octanol–water partition coefficient (Wildman–Crippen LogP) is 2.04. The maximum absolute atomic E-state index is 11.9. The van der Waals surface area contributed by atoms with Gasteiger partial charge in [0.2, 0.25) is 0 Å². The summed E-state index contributed by atoms with van der Waals surface area (Å²) >= 11 is 0. The summed E-state index contributed by atoms with van der Waals surface area (Å²) in [5.74, 6) is 0.337. The SMILES string of the molecule is Cc1cccc(CNC(=O)Nc2ccc3c(c2)OCC(=O)N3)n1. The van der Waals surface area contributed by atoms with Crippen molar-refractivity contribution in [1.82, 2.24) is 10.3 Å². The summed E-state index contributed by atoms with van der Waals surface area (Å²) in [5.41, 5.74) is 2.86. The number of benzene rings is 1. The van der Waals surface area contributed by atoms with Crippen LogP contribution in [0.25, 0.3) is 0 Å². The molecule has 0 spiro atoms. The van der Waals surface area contributed by atoms with Crippen LogP contribution in [0.3, 0.4) is 0 Å². The highest BCUT2D eigenvalue weighted by atomic mass is 16.5. The molecule has 118 valence electrons. The van der Waals surface area contributed by atoms with Crippen LogP contribution in [0, 0.1) is 6.92 Å². The monoisotopic (exact) mass is 312 g/mol. The zero-order chi connectivity index (χ0) is 16.2. The first-order valence-electron chi connectivity index (χ1n) is 7.14. The highest BCUT2D eigenvalue weighted by Gasteiger charge is 2.16. The van der Waals surface area contributed by atoms with Gasteiger partial charge in [0.25, 0.3) is 5.91 Å². The fourth-order valence-corrected chi connectivity index (χ4v) is 2.20. The molecular weight excluding hydrogens is 296 g/mol. The minimum absolute atomic E-state index is 0.0261. The molecule has 7 nitrogen and oxygen atoms in total. The van der Waals surface area contributed by atoms with Gasteiger partial charge in [0.15, 0.2) is 6.61 Å². The van der Waals surface area contributed by atoms with Gasteiger partial charge in [-0.3, -0.25) is 9.78 Å². The molecule has 0 saturated carbocycles. The van der Waals surface area contributed by atoms with E-state index in [1.54, 1.807) is 18.2 Å². The lowest BCUT2D eigenvalue weighted by atomic mass is 10.2. The summed E-state index contributed by atoms with van der Waals surface area (Å²) in [6, 6.07) is 10.3. The maximum atomic E-state index is 11.9. The van der Waals surface area contributed by atoms with Crippen molar-refractivity contribution in [3.63, 3.8) is 0 Å². The largest absolute Gasteiger partial charge is 0.482 e. The van der Waals surface area contributed by atoms with E-state index in [9.17, 15) is 9.59 Å². The summed E-state index contributed by atoms with van der Waals surface area (Å²) in [4.78, 5) is 27.5. The van der Waals surface area contributed by atoms with E-state index in [-0.39, 0.29) is 18.5 Å². The number of nitrogens with zero attached hydrogens (tertiary/aromatic N) is 1. The van der Waals surface area contributed by atoms with Gasteiger partial charge >= 0.3 is 6.03 Å². The van der Waals surface area contributed by atoms with Gasteiger partial charge in [0.1, 0.15) is 5.75 Å². The van der Waals surface area contributed by atoms with Crippen LogP contribution >= 0.6 is 0 Å². The number of rotatable bonds is 3. The number of urea groups is 1. The van der Waals surface area contributed by atoms with Crippen LogP contribution in [0.2, 0.25) is 0 Å². The smallest absolute Gasteiger partial charge is 0.319 e. The van der Waals surface area contributed by atoms with Crippen molar-refractivity contribution >= 4 is 23.3 Å². The van der Waals surface area contributed by atoms with Crippen molar-refractivity contribution in [1.29, 1.82) is 0 Å².